The molecule has 0 amide bonds. The lowest BCUT2D eigenvalue weighted by Gasteiger charge is -2.11. The largest absolute Gasteiger partial charge is 0.286 e. The first-order chi connectivity index (χ1) is 4.99. The van der Waals surface area contributed by atoms with Crippen molar-refractivity contribution in [1.82, 2.24) is 0 Å². The predicted molar refractivity (Wildman–Crippen MR) is 42.9 cm³/mol. The van der Waals surface area contributed by atoms with Crippen LogP contribution in [-0.4, -0.2) is 18.7 Å². The lowest BCUT2D eigenvalue weighted by atomic mass is 10.0. The number of hydrogen-bond acceptors (Lipinski definition) is 2. The van der Waals surface area contributed by atoms with Gasteiger partial charge in [0.25, 0.3) is 10.1 Å². The Balaban J connectivity index is 2.50. The van der Waals surface area contributed by atoms with Crippen LogP contribution in [0, 0.1) is 11.8 Å². The molecular weight excluding hydrogens is 164 g/mol. The van der Waals surface area contributed by atoms with Crippen LogP contribution in [0.2, 0.25) is 0 Å². The molecule has 0 aromatic heterocycles. The van der Waals surface area contributed by atoms with Crippen molar-refractivity contribution >= 4 is 10.1 Å². The Labute approximate surface area is 67.6 Å². The molecule has 0 aliphatic heterocycles. The van der Waals surface area contributed by atoms with Gasteiger partial charge in [0.1, 0.15) is 0 Å². The predicted octanol–water partition coefficient (Wildman–Crippen LogP) is 1.31. The first kappa shape index (κ1) is 9.00. The average molecular weight is 178 g/mol. The van der Waals surface area contributed by atoms with Crippen LogP contribution in [-0.2, 0) is 10.1 Å². The van der Waals surface area contributed by atoms with Crippen LogP contribution in [0.3, 0.4) is 0 Å². The van der Waals surface area contributed by atoms with Gasteiger partial charge in [-0.2, -0.15) is 8.42 Å². The van der Waals surface area contributed by atoms with Crippen molar-refractivity contribution in [3.05, 3.63) is 0 Å². The maximum atomic E-state index is 10.5. The molecule has 1 aliphatic carbocycles. The summed E-state index contributed by atoms with van der Waals surface area (Å²) >= 11 is 0. The molecule has 0 radical (unpaired) electrons. The van der Waals surface area contributed by atoms with E-state index in [1.54, 1.807) is 0 Å². The molecule has 11 heavy (non-hydrogen) atoms. The fraction of sp³-hybridized carbons (Fsp3) is 1.00. The number of rotatable bonds is 2. The van der Waals surface area contributed by atoms with Crippen molar-refractivity contribution in [3.63, 3.8) is 0 Å². The normalized spacial score (nSPS) is 32.5. The molecule has 1 rings (SSSR count). The van der Waals surface area contributed by atoms with Crippen LogP contribution < -0.4 is 0 Å². The van der Waals surface area contributed by atoms with E-state index in [1.807, 2.05) is 6.92 Å². The smallest absolute Gasteiger partial charge is 0.265 e. The Bertz CT molecular complexity index is 220. The van der Waals surface area contributed by atoms with Crippen LogP contribution in [0.25, 0.3) is 0 Å². The highest BCUT2D eigenvalue weighted by atomic mass is 32.2. The van der Waals surface area contributed by atoms with Gasteiger partial charge < -0.3 is 0 Å². The molecule has 0 bridgehead atoms. The molecule has 3 nitrogen and oxygen atoms in total. The van der Waals surface area contributed by atoms with E-state index in [9.17, 15) is 8.42 Å². The molecule has 0 aromatic rings. The van der Waals surface area contributed by atoms with Gasteiger partial charge in [0.05, 0.1) is 5.75 Å². The van der Waals surface area contributed by atoms with E-state index >= 15 is 0 Å². The van der Waals surface area contributed by atoms with E-state index in [2.05, 4.69) is 0 Å². The highest BCUT2D eigenvalue weighted by Gasteiger charge is 2.27. The summed E-state index contributed by atoms with van der Waals surface area (Å²) in [7, 11) is -3.74. The molecule has 0 spiro atoms. The first-order valence-corrected chi connectivity index (χ1v) is 5.55. The first-order valence-electron chi connectivity index (χ1n) is 3.94. The lowest BCUT2D eigenvalue weighted by molar-refractivity contribution is 0.423. The maximum absolute atomic E-state index is 10.5. The molecule has 0 aromatic carbocycles. The third-order valence-corrected chi connectivity index (χ3v) is 3.31. The topological polar surface area (TPSA) is 54.4 Å². The van der Waals surface area contributed by atoms with Gasteiger partial charge in [-0.3, -0.25) is 4.55 Å². The molecule has 66 valence electrons. The third-order valence-electron chi connectivity index (χ3n) is 2.46. The van der Waals surface area contributed by atoms with Crippen molar-refractivity contribution in [2.45, 2.75) is 26.2 Å². The summed E-state index contributed by atoms with van der Waals surface area (Å²) in [6, 6.07) is 0. The monoisotopic (exact) mass is 178 g/mol. The van der Waals surface area contributed by atoms with Gasteiger partial charge in [0.15, 0.2) is 0 Å². The zero-order valence-electron chi connectivity index (χ0n) is 6.66. The Kier molecular flexibility index (Phi) is 2.54. The molecule has 0 heterocycles. The SMILES string of the molecule is CC1CCCC1CS(=O)(=O)O. The Morgan fingerprint density at radius 3 is 2.45 bits per heavy atom. The molecule has 1 saturated carbocycles. The summed E-state index contributed by atoms with van der Waals surface area (Å²) in [5, 5.41) is 0. The van der Waals surface area contributed by atoms with Crippen LogP contribution in [0.4, 0.5) is 0 Å². The van der Waals surface area contributed by atoms with Gasteiger partial charge in [-0.05, 0) is 18.3 Å². The van der Waals surface area contributed by atoms with Crippen molar-refractivity contribution in [1.29, 1.82) is 0 Å². The molecule has 4 heteroatoms. The Morgan fingerprint density at radius 1 is 1.45 bits per heavy atom. The van der Waals surface area contributed by atoms with E-state index in [-0.39, 0.29) is 11.7 Å². The zero-order valence-corrected chi connectivity index (χ0v) is 7.47. The second-order valence-electron chi connectivity index (χ2n) is 3.42. The minimum atomic E-state index is -3.74. The summed E-state index contributed by atoms with van der Waals surface area (Å²) in [5.74, 6) is 0.593. The van der Waals surface area contributed by atoms with Gasteiger partial charge in [-0.25, -0.2) is 0 Å². The average Bonchev–Trinajstić information content (AvgIpc) is 2.12. The number of hydrogen-bond donors (Lipinski definition) is 1. The summed E-state index contributed by atoms with van der Waals surface area (Å²) in [5.41, 5.74) is 0. The Morgan fingerprint density at radius 2 is 2.09 bits per heavy atom. The fourth-order valence-electron chi connectivity index (χ4n) is 1.74. The van der Waals surface area contributed by atoms with Gasteiger partial charge in [-0.1, -0.05) is 19.8 Å². The molecule has 0 saturated heterocycles. The maximum Gasteiger partial charge on any atom is 0.265 e. The zero-order chi connectivity index (χ0) is 8.48. The molecule has 2 atom stereocenters. The van der Waals surface area contributed by atoms with Gasteiger partial charge in [-0.15, -0.1) is 0 Å². The van der Waals surface area contributed by atoms with Crippen LogP contribution in [0.15, 0.2) is 0 Å². The standard InChI is InChI=1S/C7H14O3S/c1-6-3-2-4-7(6)5-11(8,9)10/h6-7H,2-5H2,1H3,(H,8,9,10). The molecular formula is C7H14O3S. The van der Waals surface area contributed by atoms with E-state index in [0.29, 0.717) is 5.92 Å². The fourth-order valence-corrected chi connectivity index (χ4v) is 2.78. The summed E-state index contributed by atoms with van der Waals surface area (Å²) in [4.78, 5) is 0. The third kappa shape index (κ3) is 2.79. The van der Waals surface area contributed by atoms with Gasteiger partial charge >= 0.3 is 0 Å². The summed E-state index contributed by atoms with van der Waals surface area (Å²) in [6.07, 6.45) is 3.14. The van der Waals surface area contributed by atoms with E-state index < -0.39 is 10.1 Å². The van der Waals surface area contributed by atoms with Crippen molar-refractivity contribution < 1.29 is 13.0 Å². The summed E-state index contributed by atoms with van der Waals surface area (Å²) in [6.45, 7) is 2.04. The highest BCUT2D eigenvalue weighted by Crippen LogP contribution is 2.31. The van der Waals surface area contributed by atoms with Crippen LogP contribution in [0.1, 0.15) is 26.2 Å². The summed E-state index contributed by atoms with van der Waals surface area (Å²) < 4.78 is 29.5. The van der Waals surface area contributed by atoms with Gasteiger partial charge in [0.2, 0.25) is 0 Å². The molecule has 1 aliphatic rings. The second kappa shape index (κ2) is 3.11. The minimum Gasteiger partial charge on any atom is -0.286 e. The second-order valence-corrected chi connectivity index (χ2v) is 4.91. The van der Waals surface area contributed by atoms with Crippen molar-refractivity contribution in [2.24, 2.45) is 11.8 Å². The van der Waals surface area contributed by atoms with Crippen LogP contribution in [0.5, 0.6) is 0 Å². The Hall–Kier alpha value is -0.0900. The van der Waals surface area contributed by atoms with Crippen molar-refractivity contribution in [2.75, 3.05) is 5.75 Å². The molecule has 1 N–H and O–H groups in total. The lowest BCUT2D eigenvalue weighted by Crippen LogP contribution is -2.17. The van der Waals surface area contributed by atoms with E-state index in [0.717, 1.165) is 19.3 Å². The van der Waals surface area contributed by atoms with E-state index in [1.165, 1.54) is 0 Å². The quantitative estimate of drug-likeness (QED) is 0.649. The highest BCUT2D eigenvalue weighted by molar-refractivity contribution is 7.85. The molecule has 1 fully saturated rings. The van der Waals surface area contributed by atoms with Gasteiger partial charge in [0, 0.05) is 0 Å². The van der Waals surface area contributed by atoms with E-state index in [4.69, 9.17) is 4.55 Å². The van der Waals surface area contributed by atoms with Crippen molar-refractivity contribution in [3.8, 4) is 0 Å². The molecule has 2 unspecified atom stereocenters. The van der Waals surface area contributed by atoms with Crippen LogP contribution >= 0.6 is 0 Å². The minimum absolute atomic E-state index is 0.0475.